The number of hydrogen-bond donors (Lipinski definition) is 2. The molecule has 0 aromatic heterocycles. The van der Waals surface area contributed by atoms with E-state index in [-0.39, 0.29) is 18.1 Å². The topological polar surface area (TPSA) is 91.2 Å². The Morgan fingerprint density at radius 1 is 0.939 bits per heavy atom. The fourth-order valence-electron chi connectivity index (χ4n) is 2.63. The SMILES string of the molecule is N#C/C(=C\c1ccc(OCC(=O)Nc2ccc(Cl)c(Cl)c2)cc1)C(=O)Nc1ccc(F)cc1. The van der Waals surface area contributed by atoms with Crippen molar-refractivity contribution in [1.29, 1.82) is 5.26 Å². The third kappa shape index (κ3) is 7.07. The Balaban J connectivity index is 1.56. The van der Waals surface area contributed by atoms with E-state index in [0.29, 0.717) is 32.7 Å². The molecule has 0 atom stereocenters. The molecule has 0 saturated heterocycles. The zero-order valence-electron chi connectivity index (χ0n) is 16.9. The molecule has 9 heteroatoms. The molecule has 0 saturated carbocycles. The van der Waals surface area contributed by atoms with Gasteiger partial charge in [-0.05, 0) is 66.2 Å². The Hall–Kier alpha value is -3.86. The van der Waals surface area contributed by atoms with Crippen molar-refractivity contribution in [3.63, 3.8) is 0 Å². The van der Waals surface area contributed by atoms with Crippen LogP contribution >= 0.6 is 23.2 Å². The van der Waals surface area contributed by atoms with E-state index in [4.69, 9.17) is 27.9 Å². The van der Waals surface area contributed by atoms with E-state index in [0.717, 1.165) is 0 Å². The lowest BCUT2D eigenvalue weighted by Crippen LogP contribution is -2.20. The van der Waals surface area contributed by atoms with E-state index in [9.17, 15) is 19.2 Å². The minimum Gasteiger partial charge on any atom is -0.484 e. The average Bonchev–Trinajstić information content (AvgIpc) is 2.80. The highest BCUT2D eigenvalue weighted by molar-refractivity contribution is 6.42. The number of halogens is 3. The summed E-state index contributed by atoms with van der Waals surface area (Å²) in [5, 5.41) is 15.2. The van der Waals surface area contributed by atoms with Crippen molar-refractivity contribution in [1.82, 2.24) is 0 Å². The summed E-state index contributed by atoms with van der Waals surface area (Å²) in [4.78, 5) is 24.3. The molecule has 166 valence electrons. The fourth-order valence-corrected chi connectivity index (χ4v) is 2.93. The number of anilines is 2. The van der Waals surface area contributed by atoms with Crippen LogP contribution in [-0.4, -0.2) is 18.4 Å². The summed E-state index contributed by atoms with van der Waals surface area (Å²) in [6.45, 7) is -0.237. The number of carbonyl (C=O) groups is 2. The number of nitrogens with one attached hydrogen (secondary N) is 2. The van der Waals surface area contributed by atoms with E-state index in [1.807, 2.05) is 6.07 Å². The predicted octanol–water partition coefficient (Wildman–Crippen LogP) is 5.70. The Morgan fingerprint density at radius 3 is 2.24 bits per heavy atom. The van der Waals surface area contributed by atoms with Crippen molar-refractivity contribution >= 4 is 52.5 Å². The molecular formula is C24H16Cl2FN3O3. The van der Waals surface area contributed by atoms with E-state index in [1.165, 1.54) is 36.4 Å². The van der Waals surface area contributed by atoms with Gasteiger partial charge in [-0.3, -0.25) is 9.59 Å². The lowest BCUT2D eigenvalue weighted by Gasteiger charge is -2.08. The van der Waals surface area contributed by atoms with Crippen molar-refractivity contribution in [3.05, 3.63) is 93.7 Å². The van der Waals surface area contributed by atoms with Gasteiger partial charge in [-0.25, -0.2) is 4.39 Å². The number of nitriles is 1. The lowest BCUT2D eigenvalue weighted by atomic mass is 10.1. The van der Waals surface area contributed by atoms with Gasteiger partial charge in [0.15, 0.2) is 6.61 Å². The molecule has 2 amide bonds. The van der Waals surface area contributed by atoms with E-state index in [1.54, 1.807) is 36.4 Å². The second-order valence-electron chi connectivity index (χ2n) is 6.67. The van der Waals surface area contributed by atoms with Crippen LogP contribution in [0.15, 0.2) is 72.3 Å². The average molecular weight is 484 g/mol. The van der Waals surface area contributed by atoms with Crippen LogP contribution in [0.1, 0.15) is 5.56 Å². The number of carbonyl (C=O) groups excluding carboxylic acids is 2. The van der Waals surface area contributed by atoms with E-state index >= 15 is 0 Å². The number of ether oxygens (including phenoxy) is 1. The van der Waals surface area contributed by atoms with Crippen LogP contribution in [0.3, 0.4) is 0 Å². The minimum atomic E-state index is -0.622. The first-order valence-electron chi connectivity index (χ1n) is 9.50. The maximum absolute atomic E-state index is 13.0. The highest BCUT2D eigenvalue weighted by Gasteiger charge is 2.10. The van der Waals surface area contributed by atoms with Gasteiger partial charge >= 0.3 is 0 Å². The van der Waals surface area contributed by atoms with E-state index < -0.39 is 11.7 Å². The third-order valence-corrected chi connectivity index (χ3v) is 4.97. The Labute approximate surface area is 199 Å². The molecule has 0 spiro atoms. The van der Waals surface area contributed by atoms with Gasteiger partial charge in [0, 0.05) is 11.4 Å². The van der Waals surface area contributed by atoms with Crippen molar-refractivity contribution in [3.8, 4) is 11.8 Å². The summed E-state index contributed by atoms with van der Waals surface area (Å²) in [7, 11) is 0. The van der Waals surface area contributed by atoms with E-state index in [2.05, 4.69) is 10.6 Å². The van der Waals surface area contributed by atoms with Crippen LogP contribution in [0.2, 0.25) is 10.0 Å². The summed E-state index contributed by atoms with van der Waals surface area (Å²) < 4.78 is 18.4. The zero-order chi connectivity index (χ0) is 23.8. The van der Waals surface area contributed by atoms with Crippen LogP contribution in [0, 0.1) is 17.1 Å². The van der Waals surface area contributed by atoms with Gasteiger partial charge in [0.2, 0.25) is 0 Å². The molecule has 6 nitrogen and oxygen atoms in total. The molecule has 0 radical (unpaired) electrons. The maximum Gasteiger partial charge on any atom is 0.266 e. The predicted molar refractivity (Wildman–Crippen MR) is 126 cm³/mol. The first-order valence-corrected chi connectivity index (χ1v) is 10.3. The van der Waals surface area contributed by atoms with Crippen LogP contribution in [0.5, 0.6) is 5.75 Å². The molecule has 0 bridgehead atoms. The second-order valence-corrected chi connectivity index (χ2v) is 7.48. The number of amides is 2. The van der Waals surface area contributed by atoms with Crippen LogP contribution < -0.4 is 15.4 Å². The first kappa shape index (κ1) is 23.8. The summed E-state index contributed by atoms with van der Waals surface area (Å²) in [6.07, 6.45) is 1.40. The van der Waals surface area contributed by atoms with Gasteiger partial charge in [0.05, 0.1) is 10.0 Å². The monoisotopic (exact) mass is 483 g/mol. The quantitative estimate of drug-likeness (QED) is 0.333. The highest BCUT2D eigenvalue weighted by atomic mass is 35.5. The van der Waals surface area contributed by atoms with Crippen LogP contribution in [0.25, 0.3) is 6.08 Å². The highest BCUT2D eigenvalue weighted by Crippen LogP contribution is 2.25. The summed E-state index contributed by atoms with van der Waals surface area (Å²) >= 11 is 11.8. The van der Waals surface area contributed by atoms with Gasteiger partial charge < -0.3 is 15.4 Å². The lowest BCUT2D eigenvalue weighted by molar-refractivity contribution is -0.118. The molecule has 0 heterocycles. The molecule has 0 unspecified atom stereocenters. The zero-order valence-corrected chi connectivity index (χ0v) is 18.5. The number of rotatable bonds is 7. The first-order chi connectivity index (χ1) is 15.8. The van der Waals surface area contributed by atoms with Crippen LogP contribution in [0.4, 0.5) is 15.8 Å². The molecule has 0 aliphatic rings. The molecule has 0 fully saturated rings. The second kappa shape index (κ2) is 11.1. The van der Waals surface area contributed by atoms with Gasteiger partial charge in [-0.2, -0.15) is 5.26 Å². The number of nitrogens with zero attached hydrogens (tertiary/aromatic N) is 1. The molecular weight excluding hydrogens is 468 g/mol. The largest absolute Gasteiger partial charge is 0.484 e. The Kier molecular flexibility index (Phi) is 8.03. The normalized spacial score (nSPS) is 10.8. The molecule has 33 heavy (non-hydrogen) atoms. The molecule has 3 aromatic carbocycles. The molecule has 3 rings (SSSR count). The van der Waals surface area contributed by atoms with Gasteiger partial charge in [-0.15, -0.1) is 0 Å². The summed E-state index contributed by atoms with van der Waals surface area (Å²) in [5.74, 6) is -1.02. The summed E-state index contributed by atoms with van der Waals surface area (Å²) in [6, 6.07) is 18.2. The standard InChI is InChI=1S/C24H16Cl2FN3O3/c25-21-10-7-19(12-22(21)26)29-23(31)14-33-20-8-1-15(2-9-20)11-16(13-28)24(32)30-18-5-3-17(27)4-6-18/h1-12H,14H2,(H,29,31)(H,30,32)/b16-11+. The van der Waals surface area contributed by atoms with Crippen molar-refractivity contribution in [2.24, 2.45) is 0 Å². The Morgan fingerprint density at radius 2 is 1.61 bits per heavy atom. The maximum atomic E-state index is 13.0. The smallest absolute Gasteiger partial charge is 0.266 e. The molecule has 2 N–H and O–H groups in total. The van der Waals surface area contributed by atoms with Gasteiger partial charge in [-0.1, -0.05) is 35.3 Å². The Bertz CT molecular complexity index is 1240. The van der Waals surface area contributed by atoms with Crippen molar-refractivity contribution in [2.75, 3.05) is 17.2 Å². The molecule has 0 aliphatic carbocycles. The van der Waals surface area contributed by atoms with Crippen molar-refractivity contribution in [2.45, 2.75) is 0 Å². The van der Waals surface area contributed by atoms with Crippen LogP contribution in [-0.2, 0) is 9.59 Å². The molecule has 3 aromatic rings. The minimum absolute atomic E-state index is 0.131. The third-order valence-electron chi connectivity index (χ3n) is 4.23. The van der Waals surface area contributed by atoms with Crippen molar-refractivity contribution < 1.29 is 18.7 Å². The van der Waals surface area contributed by atoms with Gasteiger partial charge in [0.1, 0.15) is 23.2 Å². The van der Waals surface area contributed by atoms with Gasteiger partial charge in [0.25, 0.3) is 11.8 Å². The fraction of sp³-hybridized carbons (Fsp3) is 0.0417. The number of benzene rings is 3. The number of hydrogen-bond acceptors (Lipinski definition) is 4. The molecule has 0 aliphatic heterocycles. The summed E-state index contributed by atoms with van der Waals surface area (Å²) in [5.41, 5.74) is 1.30.